The Morgan fingerprint density at radius 3 is 2.59 bits per heavy atom. The van der Waals surface area contributed by atoms with Crippen LogP contribution in [0.15, 0.2) is 24.3 Å². The number of halogens is 1. The molecule has 0 aliphatic carbocycles. The fourth-order valence-electron chi connectivity index (χ4n) is 2.51. The van der Waals surface area contributed by atoms with Crippen LogP contribution in [0.25, 0.3) is 0 Å². The van der Waals surface area contributed by atoms with Crippen LogP contribution in [0.1, 0.15) is 28.2 Å². The number of thiazole rings is 1. The molecule has 1 aromatic carbocycles. The van der Waals surface area contributed by atoms with E-state index in [1.807, 2.05) is 31.2 Å². The smallest absolute Gasteiger partial charge is 0.186 e. The summed E-state index contributed by atoms with van der Waals surface area (Å²) in [5, 5.41) is 1.65. The number of hydrogen-bond acceptors (Lipinski definition) is 5. The van der Waals surface area contributed by atoms with Crippen molar-refractivity contribution in [1.29, 1.82) is 0 Å². The number of hydrogen-bond donors (Lipinski definition) is 0. The summed E-state index contributed by atoms with van der Waals surface area (Å²) >= 11 is 7.34. The maximum Gasteiger partial charge on any atom is 0.186 e. The Kier molecular flexibility index (Phi) is 4.64. The van der Waals surface area contributed by atoms with Crippen molar-refractivity contribution in [2.45, 2.75) is 25.9 Å². The van der Waals surface area contributed by atoms with E-state index in [-0.39, 0.29) is 6.10 Å². The quantitative estimate of drug-likeness (QED) is 0.792. The van der Waals surface area contributed by atoms with Crippen LogP contribution in [0.3, 0.4) is 0 Å². The molecule has 1 saturated heterocycles. The first-order valence-electron chi connectivity index (χ1n) is 7.25. The number of ether oxygens (including phenoxy) is 1. The highest BCUT2D eigenvalue weighted by atomic mass is 35.5. The number of carbonyl (C=O) groups excluding carboxylic acids is 1. The zero-order chi connectivity index (χ0) is 15.5. The SMILES string of the molecule is Cc1nc(N2CCC(Oc3ccc(Cl)cc3)CC2)sc1C=O. The molecule has 6 heteroatoms. The molecule has 0 radical (unpaired) electrons. The second-order valence-corrected chi connectivity index (χ2v) is 6.77. The molecule has 116 valence electrons. The molecule has 3 rings (SSSR count). The molecule has 1 fully saturated rings. The molecule has 1 aliphatic rings. The Bertz CT molecular complexity index is 649. The van der Waals surface area contributed by atoms with E-state index in [4.69, 9.17) is 16.3 Å². The van der Waals surface area contributed by atoms with Gasteiger partial charge in [0.25, 0.3) is 0 Å². The van der Waals surface area contributed by atoms with Crippen molar-refractivity contribution in [2.75, 3.05) is 18.0 Å². The van der Waals surface area contributed by atoms with Crippen molar-refractivity contribution in [2.24, 2.45) is 0 Å². The van der Waals surface area contributed by atoms with Crippen molar-refractivity contribution >= 4 is 34.4 Å². The van der Waals surface area contributed by atoms with Crippen molar-refractivity contribution in [3.8, 4) is 5.75 Å². The molecule has 0 bridgehead atoms. The van der Waals surface area contributed by atoms with Gasteiger partial charge in [0.1, 0.15) is 11.9 Å². The van der Waals surface area contributed by atoms with Gasteiger partial charge in [-0.2, -0.15) is 0 Å². The lowest BCUT2D eigenvalue weighted by Crippen LogP contribution is -2.38. The van der Waals surface area contributed by atoms with Gasteiger partial charge in [-0.25, -0.2) is 4.98 Å². The van der Waals surface area contributed by atoms with E-state index >= 15 is 0 Å². The predicted octanol–water partition coefficient (Wildman–Crippen LogP) is 3.97. The third kappa shape index (κ3) is 3.42. The lowest BCUT2D eigenvalue weighted by atomic mass is 10.1. The molecule has 0 spiro atoms. The average Bonchev–Trinajstić information content (AvgIpc) is 2.91. The Balaban J connectivity index is 1.57. The molecule has 0 amide bonds. The van der Waals surface area contributed by atoms with Crippen LogP contribution in [-0.4, -0.2) is 30.5 Å². The fraction of sp³-hybridized carbons (Fsp3) is 0.375. The van der Waals surface area contributed by atoms with Gasteiger partial charge in [0.05, 0.1) is 10.6 Å². The number of benzene rings is 1. The molecule has 0 atom stereocenters. The summed E-state index contributed by atoms with van der Waals surface area (Å²) in [4.78, 5) is 18.4. The minimum atomic E-state index is 0.212. The summed E-state index contributed by atoms with van der Waals surface area (Å²) < 4.78 is 5.99. The van der Waals surface area contributed by atoms with Gasteiger partial charge in [-0.15, -0.1) is 0 Å². The highest BCUT2D eigenvalue weighted by Gasteiger charge is 2.23. The first-order chi connectivity index (χ1) is 10.7. The minimum absolute atomic E-state index is 0.212. The lowest BCUT2D eigenvalue weighted by molar-refractivity contribution is 0.112. The van der Waals surface area contributed by atoms with E-state index < -0.39 is 0 Å². The fourth-order valence-corrected chi connectivity index (χ4v) is 3.57. The number of rotatable bonds is 4. The first kappa shape index (κ1) is 15.3. The average molecular weight is 337 g/mol. The van der Waals surface area contributed by atoms with E-state index in [9.17, 15) is 4.79 Å². The summed E-state index contributed by atoms with van der Waals surface area (Å²) in [6.07, 6.45) is 2.98. The largest absolute Gasteiger partial charge is 0.490 e. The molecule has 1 aromatic heterocycles. The Morgan fingerprint density at radius 1 is 1.32 bits per heavy atom. The topological polar surface area (TPSA) is 42.4 Å². The highest BCUT2D eigenvalue weighted by molar-refractivity contribution is 7.17. The molecule has 2 aromatic rings. The molecule has 2 heterocycles. The van der Waals surface area contributed by atoms with Gasteiger partial charge >= 0.3 is 0 Å². The van der Waals surface area contributed by atoms with E-state index in [1.54, 1.807) is 0 Å². The number of aldehydes is 1. The van der Waals surface area contributed by atoms with Gasteiger partial charge in [-0.3, -0.25) is 4.79 Å². The predicted molar refractivity (Wildman–Crippen MR) is 89.6 cm³/mol. The maximum absolute atomic E-state index is 10.9. The third-order valence-electron chi connectivity index (χ3n) is 3.76. The van der Waals surface area contributed by atoms with Gasteiger partial charge in [-0.1, -0.05) is 22.9 Å². The van der Waals surface area contributed by atoms with E-state index in [2.05, 4.69) is 9.88 Å². The molecule has 4 nitrogen and oxygen atoms in total. The molecular formula is C16H17ClN2O2S. The Morgan fingerprint density at radius 2 is 2.00 bits per heavy atom. The molecular weight excluding hydrogens is 320 g/mol. The van der Waals surface area contributed by atoms with E-state index in [0.29, 0.717) is 5.02 Å². The third-order valence-corrected chi connectivity index (χ3v) is 5.15. The van der Waals surface area contributed by atoms with Crippen LogP contribution in [0.2, 0.25) is 5.02 Å². The second-order valence-electron chi connectivity index (χ2n) is 5.32. The number of carbonyl (C=O) groups is 1. The van der Waals surface area contributed by atoms with Gasteiger partial charge in [-0.05, 0) is 31.2 Å². The van der Waals surface area contributed by atoms with Crippen LogP contribution >= 0.6 is 22.9 Å². The Labute approximate surface area is 138 Å². The van der Waals surface area contributed by atoms with Gasteiger partial charge in [0, 0.05) is 31.0 Å². The van der Waals surface area contributed by atoms with Crippen LogP contribution in [0, 0.1) is 6.92 Å². The number of aryl methyl sites for hydroxylation is 1. The zero-order valence-corrected chi connectivity index (χ0v) is 13.9. The molecule has 0 N–H and O–H groups in total. The summed E-state index contributed by atoms with van der Waals surface area (Å²) in [5.41, 5.74) is 0.814. The van der Waals surface area contributed by atoms with Crippen molar-refractivity contribution in [3.63, 3.8) is 0 Å². The van der Waals surface area contributed by atoms with Crippen LogP contribution in [-0.2, 0) is 0 Å². The monoisotopic (exact) mass is 336 g/mol. The van der Waals surface area contributed by atoms with E-state index in [0.717, 1.165) is 53.7 Å². The van der Waals surface area contributed by atoms with Crippen LogP contribution in [0.5, 0.6) is 5.75 Å². The highest BCUT2D eigenvalue weighted by Crippen LogP contribution is 2.28. The summed E-state index contributed by atoms with van der Waals surface area (Å²) in [6.45, 7) is 3.66. The maximum atomic E-state index is 10.9. The number of nitrogens with zero attached hydrogens (tertiary/aromatic N) is 2. The standard InChI is InChI=1S/C16H17ClN2O2S/c1-11-15(10-20)22-16(18-11)19-8-6-14(7-9-19)21-13-4-2-12(17)3-5-13/h2-5,10,14H,6-9H2,1H3. The second kappa shape index (κ2) is 6.67. The Hall–Kier alpha value is -1.59. The zero-order valence-electron chi connectivity index (χ0n) is 12.3. The molecule has 0 saturated carbocycles. The van der Waals surface area contributed by atoms with Crippen molar-refractivity contribution < 1.29 is 9.53 Å². The van der Waals surface area contributed by atoms with Gasteiger partial charge < -0.3 is 9.64 Å². The van der Waals surface area contributed by atoms with Crippen LogP contribution in [0.4, 0.5) is 5.13 Å². The summed E-state index contributed by atoms with van der Waals surface area (Å²) in [6, 6.07) is 7.47. The summed E-state index contributed by atoms with van der Waals surface area (Å²) in [7, 11) is 0. The number of aromatic nitrogens is 1. The van der Waals surface area contributed by atoms with Crippen molar-refractivity contribution in [1.82, 2.24) is 4.98 Å². The van der Waals surface area contributed by atoms with Gasteiger partial charge in [0.2, 0.25) is 0 Å². The first-order valence-corrected chi connectivity index (χ1v) is 8.45. The summed E-state index contributed by atoms with van der Waals surface area (Å²) in [5.74, 6) is 0.858. The van der Waals surface area contributed by atoms with E-state index in [1.165, 1.54) is 11.3 Å². The van der Waals surface area contributed by atoms with Crippen LogP contribution < -0.4 is 9.64 Å². The lowest BCUT2D eigenvalue weighted by Gasteiger charge is -2.31. The molecule has 22 heavy (non-hydrogen) atoms. The van der Waals surface area contributed by atoms with Gasteiger partial charge in [0.15, 0.2) is 11.4 Å². The van der Waals surface area contributed by atoms with Crippen molar-refractivity contribution in [3.05, 3.63) is 39.9 Å². The minimum Gasteiger partial charge on any atom is -0.490 e. The normalized spacial score (nSPS) is 15.8. The molecule has 0 unspecified atom stereocenters. The number of piperidine rings is 1. The number of anilines is 1. The molecule has 1 aliphatic heterocycles.